The summed E-state index contributed by atoms with van der Waals surface area (Å²) in [6.45, 7) is 1.44. The fraction of sp³-hybridized carbons (Fsp3) is 0.500. The maximum atomic E-state index is 11.1. The van der Waals surface area contributed by atoms with Crippen LogP contribution in [0.5, 0.6) is 0 Å². The van der Waals surface area contributed by atoms with Gasteiger partial charge in [0.15, 0.2) is 0 Å². The number of cyclic esters (lactones) is 1. The van der Waals surface area contributed by atoms with Gasteiger partial charge in [0.1, 0.15) is 11.7 Å². The highest BCUT2D eigenvalue weighted by molar-refractivity contribution is 14.1. The molecule has 0 radical (unpaired) electrons. The van der Waals surface area contributed by atoms with Gasteiger partial charge in [-0.15, -0.1) is 0 Å². The molecule has 1 aliphatic heterocycles. The Morgan fingerprint density at radius 1 is 1.60 bits per heavy atom. The normalized spacial score (nSPS) is 25.6. The highest BCUT2D eigenvalue weighted by Crippen LogP contribution is 2.19. The first kappa shape index (κ1) is 17.4. The Balaban J connectivity index is 2.59. The number of rotatable bonds is 6. The van der Waals surface area contributed by atoms with Crippen molar-refractivity contribution in [3.05, 3.63) is 34.5 Å². The highest BCUT2D eigenvalue weighted by Gasteiger charge is 2.29. The van der Waals surface area contributed by atoms with Gasteiger partial charge in [-0.25, -0.2) is 4.79 Å². The van der Waals surface area contributed by atoms with E-state index in [-0.39, 0.29) is 6.42 Å². The Labute approximate surface area is 131 Å². The minimum Gasteiger partial charge on any atom is -0.455 e. The van der Waals surface area contributed by atoms with E-state index in [1.807, 2.05) is 22.6 Å². The van der Waals surface area contributed by atoms with E-state index in [0.717, 1.165) is 0 Å². The van der Waals surface area contributed by atoms with Gasteiger partial charge in [0.2, 0.25) is 0 Å². The molecule has 0 aliphatic carbocycles. The van der Waals surface area contributed by atoms with Crippen LogP contribution in [0, 0.1) is 0 Å². The third-order valence-corrected chi connectivity index (χ3v) is 3.39. The minimum absolute atomic E-state index is 0.0151. The second kappa shape index (κ2) is 7.92. The van der Waals surface area contributed by atoms with Gasteiger partial charge >= 0.3 is 5.97 Å². The summed E-state index contributed by atoms with van der Waals surface area (Å²) in [6, 6.07) is 0. The van der Waals surface area contributed by atoms with Crippen LogP contribution in [0.25, 0.3) is 0 Å². The summed E-state index contributed by atoms with van der Waals surface area (Å²) in [7, 11) is 0. The van der Waals surface area contributed by atoms with E-state index in [1.54, 1.807) is 16.2 Å². The zero-order valence-electron chi connectivity index (χ0n) is 11.1. The molecule has 0 spiro atoms. The monoisotopic (exact) mass is 394 g/mol. The van der Waals surface area contributed by atoms with Crippen molar-refractivity contribution in [2.24, 2.45) is 0 Å². The topological polar surface area (TPSA) is 87.0 Å². The third-order valence-electron chi connectivity index (χ3n) is 2.97. The van der Waals surface area contributed by atoms with Gasteiger partial charge in [-0.2, -0.15) is 0 Å². The lowest BCUT2D eigenvalue weighted by molar-refractivity contribution is -0.141. The van der Waals surface area contributed by atoms with Crippen LogP contribution >= 0.6 is 22.6 Å². The Bertz CT molecular complexity index is 414. The summed E-state index contributed by atoms with van der Waals surface area (Å²) < 4.78 is 6.66. The fourth-order valence-electron chi connectivity index (χ4n) is 1.70. The number of carbonyl (C=O) groups is 1. The first-order chi connectivity index (χ1) is 9.35. The molecular formula is C14H19IO5. The van der Waals surface area contributed by atoms with Crippen LogP contribution in [0.3, 0.4) is 0 Å². The number of aliphatic hydroxyl groups is 3. The molecule has 6 heteroatoms. The van der Waals surface area contributed by atoms with E-state index in [0.29, 0.717) is 6.42 Å². The molecule has 112 valence electrons. The van der Waals surface area contributed by atoms with Gasteiger partial charge in [0, 0.05) is 18.9 Å². The van der Waals surface area contributed by atoms with Crippen LogP contribution in [0.15, 0.2) is 34.5 Å². The number of hydrogen-bond acceptors (Lipinski definition) is 5. The number of halogens is 1. The number of esters is 1. The molecule has 1 rings (SSSR count). The number of hydrogen-bond donors (Lipinski definition) is 3. The van der Waals surface area contributed by atoms with E-state index >= 15 is 0 Å². The summed E-state index contributed by atoms with van der Waals surface area (Å²) in [5.41, 5.74) is -1.51. The number of ether oxygens (including phenoxy) is 1. The molecule has 4 atom stereocenters. The zero-order chi connectivity index (χ0) is 15.2. The predicted octanol–water partition coefficient (Wildman–Crippen LogP) is 1.23. The molecule has 1 heterocycles. The van der Waals surface area contributed by atoms with Crippen LogP contribution in [0.1, 0.15) is 19.8 Å². The van der Waals surface area contributed by atoms with Crippen molar-refractivity contribution in [3.63, 3.8) is 0 Å². The average Bonchev–Trinajstić information content (AvgIpc) is 2.37. The summed E-state index contributed by atoms with van der Waals surface area (Å²) in [6.07, 6.45) is 5.68. The molecular weight excluding hydrogens is 375 g/mol. The standard InChI is InChI=1S/C14H19IO5/c1-14(19,12(17)9-10(16)6-8-15)7-5-11-3-2-4-13(18)20-11/h2,4-8,10-12,16-17,19H,3,9H2,1H3/b7-5?,8-6-/t10-,11+,12+,14+/m0/s1. The Morgan fingerprint density at radius 2 is 2.30 bits per heavy atom. The molecule has 0 aromatic rings. The summed E-state index contributed by atoms with van der Waals surface area (Å²) >= 11 is 1.96. The molecule has 0 aromatic carbocycles. The second-order valence-electron chi connectivity index (χ2n) is 4.84. The number of aliphatic hydroxyl groups excluding tert-OH is 2. The van der Waals surface area contributed by atoms with Gasteiger partial charge in [0.05, 0.1) is 12.2 Å². The van der Waals surface area contributed by atoms with E-state index < -0.39 is 29.9 Å². The zero-order valence-corrected chi connectivity index (χ0v) is 13.3. The maximum Gasteiger partial charge on any atom is 0.331 e. The molecule has 20 heavy (non-hydrogen) atoms. The Hall–Kier alpha value is -0.700. The van der Waals surface area contributed by atoms with Gasteiger partial charge < -0.3 is 20.1 Å². The molecule has 0 fully saturated rings. The second-order valence-corrected chi connectivity index (χ2v) is 5.55. The Morgan fingerprint density at radius 3 is 2.90 bits per heavy atom. The molecule has 5 nitrogen and oxygen atoms in total. The van der Waals surface area contributed by atoms with Gasteiger partial charge in [-0.05, 0) is 17.1 Å². The molecule has 0 aromatic heterocycles. The Kier molecular flexibility index (Phi) is 6.87. The largest absolute Gasteiger partial charge is 0.455 e. The van der Waals surface area contributed by atoms with E-state index in [4.69, 9.17) is 4.74 Å². The summed E-state index contributed by atoms with van der Waals surface area (Å²) in [5.74, 6) is -0.423. The predicted molar refractivity (Wildman–Crippen MR) is 83.2 cm³/mol. The van der Waals surface area contributed by atoms with Crippen molar-refractivity contribution in [1.82, 2.24) is 0 Å². The van der Waals surface area contributed by atoms with Crippen LogP contribution in [-0.4, -0.2) is 45.2 Å². The molecule has 0 amide bonds. The lowest BCUT2D eigenvalue weighted by atomic mass is 9.93. The van der Waals surface area contributed by atoms with Crippen molar-refractivity contribution in [1.29, 1.82) is 0 Å². The van der Waals surface area contributed by atoms with Gasteiger partial charge in [-0.3, -0.25) is 0 Å². The molecule has 0 saturated carbocycles. The van der Waals surface area contributed by atoms with Gasteiger partial charge in [-0.1, -0.05) is 40.8 Å². The lowest BCUT2D eigenvalue weighted by Gasteiger charge is -2.27. The molecule has 0 bridgehead atoms. The van der Waals surface area contributed by atoms with Crippen molar-refractivity contribution in [3.8, 4) is 0 Å². The highest BCUT2D eigenvalue weighted by atomic mass is 127. The van der Waals surface area contributed by atoms with Crippen LogP contribution in [0.2, 0.25) is 0 Å². The maximum absolute atomic E-state index is 11.1. The first-order valence-electron chi connectivity index (χ1n) is 6.27. The van der Waals surface area contributed by atoms with Crippen molar-refractivity contribution < 1.29 is 24.9 Å². The first-order valence-corrected chi connectivity index (χ1v) is 7.51. The molecule has 3 N–H and O–H groups in total. The van der Waals surface area contributed by atoms with Crippen LogP contribution < -0.4 is 0 Å². The van der Waals surface area contributed by atoms with Crippen molar-refractivity contribution in [2.75, 3.05) is 0 Å². The molecule has 1 aliphatic rings. The molecule has 0 unspecified atom stereocenters. The quantitative estimate of drug-likeness (QED) is 0.359. The van der Waals surface area contributed by atoms with Crippen LogP contribution in [-0.2, 0) is 9.53 Å². The van der Waals surface area contributed by atoms with Gasteiger partial charge in [0.25, 0.3) is 0 Å². The smallest absolute Gasteiger partial charge is 0.331 e. The van der Waals surface area contributed by atoms with E-state index in [9.17, 15) is 20.1 Å². The van der Waals surface area contributed by atoms with Crippen molar-refractivity contribution in [2.45, 2.75) is 43.7 Å². The van der Waals surface area contributed by atoms with E-state index in [2.05, 4.69) is 0 Å². The van der Waals surface area contributed by atoms with Crippen molar-refractivity contribution >= 4 is 28.6 Å². The molecule has 0 saturated heterocycles. The fourth-order valence-corrected chi connectivity index (χ4v) is 2.18. The average molecular weight is 394 g/mol. The third kappa shape index (κ3) is 5.74. The summed E-state index contributed by atoms with van der Waals surface area (Å²) in [5, 5.41) is 29.7. The number of carbonyl (C=O) groups excluding carboxylic acids is 1. The SMILES string of the molecule is C[C@@](O)(C=C[C@H]1CC=CC(=O)O1)[C@H](O)C[C@@H](O)/C=C\I. The minimum atomic E-state index is -1.51. The lowest BCUT2D eigenvalue weighted by Crippen LogP contribution is -2.39. The summed E-state index contributed by atoms with van der Waals surface area (Å²) in [4.78, 5) is 11.1. The van der Waals surface area contributed by atoms with E-state index in [1.165, 1.54) is 25.2 Å². The van der Waals surface area contributed by atoms with Crippen LogP contribution in [0.4, 0.5) is 0 Å².